The van der Waals surface area contributed by atoms with Gasteiger partial charge in [-0.25, -0.2) is 4.39 Å². The van der Waals surface area contributed by atoms with Crippen molar-refractivity contribution in [3.63, 3.8) is 0 Å². The number of amides is 1. The Kier molecular flexibility index (Phi) is 5.93. The Labute approximate surface area is 174 Å². The standard InChI is InChI=1S/C24H23FN2O3/c25-22-6-2-1-5-21(22)24(29)27-15-11-20(12-16-27)30-23(28)17-18-7-9-19(10-8-18)26-13-3-4-14-26/h1-10,13-14,20H,11-12,15-17H2. The smallest absolute Gasteiger partial charge is 0.310 e. The molecule has 2 heterocycles. The minimum Gasteiger partial charge on any atom is -0.462 e. The van der Waals surface area contributed by atoms with E-state index in [9.17, 15) is 14.0 Å². The van der Waals surface area contributed by atoms with Crippen molar-refractivity contribution >= 4 is 11.9 Å². The first-order chi connectivity index (χ1) is 14.6. The van der Waals surface area contributed by atoms with Crippen LogP contribution < -0.4 is 0 Å². The highest BCUT2D eigenvalue weighted by atomic mass is 19.1. The zero-order chi connectivity index (χ0) is 20.9. The number of carbonyl (C=O) groups excluding carboxylic acids is 2. The Hall–Kier alpha value is -3.41. The van der Waals surface area contributed by atoms with E-state index < -0.39 is 5.82 Å². The third kappa shape index (κ3) is 4.59. The van der Waals surface area contributed by atoms with Gasteiger partial charge in [0.2, 0.25) is 0 Å². The monoisotopic (exact) mass is 406 g/mol. The topological polar surface area (TPSA) is 51.5 Å². The van der Waals surface area contributed by atoms with Gasteiger partial charge in [-0.1, -0.05) is 24.3 Å². The predicted molar refractivity (Wildman–Crippen MR) is 111 cm³/mol. The second kappa shape index (κ2) is 8.95. The molecule has 1 aromatic heterocycles. The molecule has 1 saturated heterocycles. The van der Waals surface area contributed by atoms with Crippen LogP contribution in [-0.4, -0.2) is 40.5 Å². The molecule has 0 radical (unpaired) electrons. The molecule has 0 N–H and O–H groups in total. The Balaban J connectivity index is 1.26. The van der Waals surface area contributed by atoms with Crippen LogP contribution in [0.2, 0.25) is 0 Å². The summed E-state index contributed by atoms with van der Waals surface area (Å²) in [7, 11) is 0. The maximum absolute atomic E-state index is 13.8. The lowest BCUT2D eigenvalue weighted by atomic mass is 10.1. The Morgan fingerprint density at radius 3 is 2.27 bits per heavy atom. The van der Waals surface area contributed by atoms with Gasteiger partial charge in [0.25, 0.3) is 5.91 Å². The molecule has 0 spiro atoms. The van der Waals surface area contributed by atoms with E-state index in [0.29, 0.717) is 25.9 Å². The number of ether oxygens (including phenoxy) is 1. The van der Waals surface area contributed by atoms with Gasteiger partial charge in [-0.15, -0.1) is 0 Å². The number of rotatable bonds is 5. The van der Waals surface area contributed by atoms with Gasteiger partial charge in [0.05, 0.1) is 12.0 Å². The number of carbonyl (C=O) groups is 2. The maximum Gasteiger partial charge on any atom is 0.310 e. The fourth-order valence-corrected chi connectivity index (χ4v) is 3.67. The van der Waals surface area contributed by atoms with Gasteiger partial charge in [0.1, 0.15) is 11.9 Å². The van der Waals surface area contributed by atoms with Crippen molar-refractivity contribution in [3.8, 4) is 5.69 Å². The summed E-state index contributed by atoms with van der Waals surface area (Å²) in [6, 6.07) is 17.7. The molecule has 3 aromatic rings. The molecule has 0 saturated carbocycles. The molecule has 5 nitrogen and oxygen atoms in total. The third-order valence-electron chi connectivity index (χ3n) is 5.32. The first-order valence-corrected chi connectivity index (χ1v) is 10.1. The second-order valence-electron chi connectivity index (χ2n) is 7.39. The van der Waals surface area contributed by atoms with Crippen molar-refractivity contribution in [2.75, 3.05) is 13.1 Å². The lowest BCUT2D eigenvalue weighted by Crippen LogP contribution is -2.41. The van der Waals surface area contributed by atoms with Crippen molar-refractivity contribution < 1.29 is 18.7 Å². The molecule has 1 aliphatic heterocycles. The summed E-state index contributed by atoms with van der Waals surface area (Å²) in [6.07, 6.45) is 5.03. The van der Waals surface area contributed by atoms with Crippen LogP contribution in [0.15, 0.2) is 73.1 Å². The van der Waals surface area contributed by atoms with Gasteiger partial charge in [-0.3, -0.25) is 9.59 Å². The molecule has 0 aliphatic carbocycles. The first kappa shape index (κ1) is 19.9. The Morgan fingerprint density at radius 2 is 1.60 bits per heavy atom. The third-order valence-corrected chi connectivity index (χ3v) is 5.32. The molecule has 0 unspecified atom stereocenters. The molecule has 0 atom stereocenters. The van der Waals surface area contributed by atoms with Gasteiger partial charge >= 0.3 is 5.97 Å². The number of esters is 1. The SMILES string of the molecule is O=C(Cc1ccc(-n2cccc2)cc1)OC1CCN(C(=O)c2ccccc2F)CC1. The normalized spacial score (nSPS) is 14.5. The number of hydrogen-bond donors (Lipinski definition) is 0. The van der Waals surface area contributed by atoms with Crippen LogP contribution in [0.1, 0.15) is 28.8 Å². The van der Waals surface area contributed by atoms with Crippen LogP contribution in [0.3, 0.4) is 0 Å². The molecule has 30 heavy (non-hydrogen) atoms. The average Bonchev–Trinajstić information content (AvgIpc) is 3.30. The molecule has 4 rings (SSSR count). The molecule has 1 fully saturated rings. The number of aromatic nitrogens is 1. The number of likely N-dealkylation sites (tertiary alicyclic amines) is 1. The first-order valence-electron chi connectivity index (χ1n) is 10.1. The van der Waals surface area contributed by atoms with Crippen molar-refractivity contribution in [2.24, 2.45) is 0 Å². The molecule has 2 aromatic carbocycles. The lowest BCUT2D eigenvalue weighted by molar-refractivity contribution is -0.150. The fraction of sp³-hybridized carbons (Fsp3) is 0.250. The molecule has 154 valence electrons. The maximum atomic E-state index is 13.8. The van der Waals surface area contributed by atoms with Crippen LogP contribution in [-0.2, 0) is 16.0 Å². The molecular formula is C24H23FN2O3. The molecule has 6 heteroatoms. The zero-order valence-corrected chi connectivity index (χ0v) is 16.5. The van der Waals surface area contributed by atoms with Crippen LogP contribution in [0.5, 0.6) is 0 Å². The summed E-state index contributed by atoms with van der Waals surface area (Å²) in [5.74, 6) is -1.11. The number of benzene rings is 2. The quantitative estimate of drug-likeness (QED) is 0.602. The van der Waals surface area contributed by atoms with Crippen molar-refractivity contribution in [1.82, 2.24) is 9.47 Å². The second-order valence-corrected chi connectivity index (χ2v) is 7.39. The summed E-state index contributed by atoms with van der Waals surface area (Å²) >= 11 is 0. The fourth-order valence-electron chi connectivity index (χ4n) is 3.67. The van der Waals surface area contributed by atoms with E-state index in [1.807, 2.05) is 53.4 Å². The van der Waals surface area contributed by atoms with Crippen LogP contribution in [0.25, 0.3) is 5.69 Å². The molecule has 1 aliphatic rings. The minimum absolute atomic E-state index is 0.0799. The van der Waals surface area contributed by atoms with Crippen molar-refractivity contribution in [3.05, 3.63) is 90.0 Å². The van der Waals surface area contributed by atoms with E-state index in [0.717, 1.165) is 11.3 Å². The molecule has 0 bridgehead atoms. The van der Waals surface area contributed by atoms with E-state index in [4.69, 9.17) is 4.74 Å². The van der Waals surface area contributed by atoms with Gasteiger partial charge in [-0.2, -0.15) is 0 Å². The molecular weight excluding hydrogens is 383 g/mol. The van der Waals surface area contributed by atoms with E-state index in [1.165, 1.54) is 12.1 Å². The van der Waals surface area contributed by atoms with Crippen LogP contribution in [0, 0.1) is 5.82 Å². The van der Waals surface area contributed by atoms with Crippen molar-refractivity contribution in [2.45, 2.75) is 25.4 Å². The van der Waals surface area contributed by atoms with Gasteiger partial charge in [0, 0.05) is 44.0 Å². The van der Waals surface area contributed by atoms with Gasteiger partial charge in [0.15, 0.2) is 0 Å². The van der Waals surface area contributed by atoms with Gasteiger partial charge in [-0.05, 0) is 42.0 Å². The largest absolute Gasteiger partial charge is 0.462 e. The Bertz CT molecular complexity index is 1010. The summed E-state index contributed by atoms with van der Waals surface area (Å²) in [6.45, 7) is 0.882. The molecule has 1 amide bonds. The summed E-state index contributed by atoms with van der Waals surface area (Å²) < 4.78 is 21.4. The van der Waals surface area contributed by atoms with Crippen LogP contribution >= 0.6 is 0 Å². The average molecular weight is 406 g/mol. The highest BCUT2D eigenvalue weighted by Crippen LogP contribution is 2.19. The van der Waals surface area contributed by atoms with Gasteiger partial charge < -0.3 is 14.2 Å². The van der Waals surface area contributed by atoms with Crippen LogP contribution in [0.4, 0.5) is 4.39 Å². The van der Waals surface area contributed by atoms with E-state index in [-0.39, 0.29) is 30.0 Å². The number of hydrogen-bond acceptors (Lipinski definition) is 3. The predicted octanol–water partition coefficient (Wildman–Crippen LogP) is 4.01. The number of piperidine rings is 1. The Morgan fingerprint density at radius 1 is 0.933 bits per heavy atom. The van der Waals surface area contributed by atoms with E-state index in [2.05, 4.69) is 0 Å². The highest BCUT2D eigenvalue weighted by molar-refractivity contribution is 5.94. The zero-order valence-electron chi connectivity index (χ0n) is 16.5. The highest BCUT2D eigenvalue weighted by Gasteiger charge is 2.27. The number of nitrogens with zero attached hydrogens (tertiary/aromatic N) is 2. The van der Waals surface area contributed by atoms with E-state index >= 15 is 0 Å². The summed E-state index contributed by atoms with van der Waals surface area (Å²) in [5, 5.41) is 0. The van der Waals surface area contributed by atoms with E-state index in [1.54, 1.807) is 17.0 Å². The number of halogens is 1. The minimum atomic E-state index is -0.515. The summed E-state index contributed by atoms with van der Waals surface area (Å²) in [4.78, 5) is 26.4. The summed E-state index contributed by atoms with van der Waals surface area (Å²) in [5.41, 5.74) is 2.00. The van der Waals surface area contributed by atoms with Crippen molar-refractivity contribution in [1.29, 1.82) is 0 Å². The lowest BCUT2D eigenvalue weighted by Gasteiger charge is -2.31.